The zero-order valence-electron chi connectivity index (χ0n) is 12.3. The maximum atomic E-state index is 13.0. The monoisotopic (exact) mass is 313 g/mol. The molecule has 2 aromatic carbocycles. The molecule has 0 fully saturated rings. The van der Waals surface area contributed by atoms with Gasteiger partial charge in [-0.2, -0.15) is 5.26 Å². The molecule has 2 amide bonds. The van der Waals surface area contributed by atoms with E-state index in [2.05, 4.69) is 10.6 Å². The highest BCUT2D eigenvalue weighted by atomic mass is 19.1. The number of anilines is 1. The summed E-state index contributed by atoms with van der Waals surface area (Å²) in [6.07, 6.45) is -0.312. The topological polar surface area (TPSA) is 85.2 Å². The summed E-state index contributed by atoms with van der Waals surface area (Å²) in [7, 11) is 0. The Bertz CT molecular complexity index is 714. The van der Waals surface area contributed by atoms with E-state index in [0.29, 0.717) is 6.42 Å². The number of aliphatic hydroxyl groups excluding tert-OH is 1. The van der Waals surface area contributed by atoms with E-state index in [1.807, 2.05) is 36.4 Å². The van der Waals surface area contributed by atoms with Gasteiger partial charge in [-0.15, -0.1) is 0 Å². The molecule has 118 valence electrons. The van der Waals surface area contributed by atoms with Gasteiger partial charge in [0.2, 0.25) is 0 Å². The summed E-state index contributed by atoms with van der Waals surface area (Å²) < 4.78 is 13.0. The first-order valence-corrected chi connectivity index (χ1v) is 7.05. The lowest BCUT2D eigenvalue weighted by atomic mass is 10.1. The second kappa shape index (κ2) is 7.92. The lowest BCUT2D eigenvalue weighted by molar-refractivity contribution is 0.172. The molecule has 6 heteroatoms. The Labute approximate surface area is 133 Å². The standard InChI is InChI=1S/C17H16FN3O2/c18-14-6-7-16(13(9-14)10-19)21-17(23)20-11-15(22)8-12-4-2-1-3-5-12/h1-7,9,15,22H,8,11H2,(H2,20,21,23). The van der Waals surface area contributed by atoms with Crippen LogP contribution in [-0.4, -0.2) is 23.8 Å². The molecule has 1 unspecified atom stereocenters. The highest BCUT2D eigenvalue weighted by molar-refractivity contribution is 5.90. The Kier molecular flexibility index (Phi) is 5.67. The summed E-state index contributed by atoms with van der Waals surface area (Å²) in [6.45, 7) is 0.0593. The summed E-state index contributed by atoms with van der Waals surface area (Å²) in [5.41, 5.74) is 1.21. The van der Waals surface area contributed by atoms with Gasteiger partial charge >= 0.3 is 6.03 Å². The average molecular weight is 313 g/mol. The molecule has 0 radical (unpaired) electrons. The lowest BCUT2D eigenvalue weighted by Crippen LogP contribution is -2.36. The van der Waals surface area contributed by atoms with E-state index in [0.717, 1.165) is 17.7 Å². The highest BCUT2D eigenvalue weighted by Gasteiger charge is 2.10. The number of aliphatic hydroxyl groups is 1. The van der Waals surface area contributed by atoms with Crippen molar-refractivity contribution in [3.63, 3.8) is 0 Å². The van der Waals surface area contributed by atoms with E-state index in [1.165, 1.54) is 6.07 Å². The molecule has 0 spiro atoms. The number of nitriles is 1. The molecule has 23 heavy (non-hydrogen) atoms. The molecular formula is C17H16FN3O2. The van der Waals surface area contributed by atoms with Crippen molar-refractivity contribution in [2.24, 2.45) is 0 Å². The van der Waals surface area contributed by atoms with Crippen LogP contribution in [0, 0.1) is 17.1 Å². The number of carbonyl (C=O) groups is 1. The Hall–Kier alpha value is -2.91. The van der Waals surface area contributed by atoms with Gasteiger partial charge in [0.25, 0.3) is 0 Å². The van der Waals surface area contributed by atoms with Crippen LogP contribution in [0.5, 0.6) is 0 Å². The number of halogens is 1. The Morgan fingerprint density at radius 1 is 1.26 bits per heavy atom. The molecular weight excluding hydrogens is 297 g/mol. The summed E-state index contributed by atoms with van der Waals surface area (Å²) in [6, 6.07) is 14.2. The van der Waals surface area contributed by atoms with E-state index in [-0.39, 0.29) is 17.8 Å². The van der Waals surface area contributed by atoms with Gasteiger partial charge < -0.3 is 15.7 Å². The predicted molar refractivity (Wildman–Crippen MR) is 84.3 cm³/mol. The number of urea groups is 1. The Balaban J connectivity index is 1.85. The molecule has 2 rings (SSSR count). The van der Waals surface area contributed by atoms with Crippen LogP contribution in [0.25, 0.3) is 0 Å². The van der Waals surface area contributed by atoms with Crippen molar-refractivity contribution in [3.05, 3.63) is 65.5 Å². The molecule has 0 bridgehead atoms. The van der Waals surface area contributed by atoms with Crippen molar-refractivity contribution in [1.82, 2.24) is 5.32 Å². The zero-order valence-corrected chi connectivity index (χ0v) is 12.3. The van der Waals surface area contributed by atoms with Gasteiger partial charge in [-0.25, -0.2) is 9.18 Å². The molecule has 3 N–H and O–H groups in total. The van der Waals surface area contributed by atoms with E-state index in [1.54, 1.807) is 0 Å². The van der Waals surface area contributed by atoms with Crippen LogP contribution in [0.15, 0.2) is 48.5 Å². The third-order valence-electron chi connectivity index (χ3n) is 3.16. The van der Waals surface area contributed by atoms with Crippen LogP contribution >= 0.6 is 0 Å². The molecule has 0 saturated carbocycles. The van der Waals surface area contributed by atoms with Gasteiger partial charge in [0.05, 0.1) is 17.4 Å². The third kappa shape index (κ3) is 5.09. The maximum absolute atomic E-state index is 13.0. The molecule has 1 atom stereocenters. The molecule has 0 saturated heterocycles. The van der Waals surface area contributed by atoms with Crippen LogP contribution in [0.2, 0.25) is 0 Å². The normalized spacial score (nSPS) is 11.3. The zero-order chi connectivity index (χ0) is 16.7. The number of amides is 2. The fourth-order valence-corrected chi connectivity index (χ4v) is 2.05. The van der Waals surface area contributed by atoms with Crippen molar-refractivity contribution in [2.45, 2.75) is 12.5 Å². The number of nitrogens with zero attached hydrogens (tertiary/aromatic N) is 1. The van der Waals surface area contributed by atoms with Crippen LogP contribution in [0.4, 0.5) is 14.9 Å². The molecule has 0 heterocycles. The van der Waals surface area contributed by atoms with Crippen molar-refractivity contribution in [1.29, 1.82) is 5.26 Å². The SMILES string of the molecule is N#Cc1cc(F)ccc1NC(=O)NCC(O)Cc1ccccc1. The first-order chi connectivity index (χ1) is 11.1. The van der Waals surface area contributed by atoms with Crippen LogP contribution in [0.1, 0.15) is 11.1 Å². The number of benzene rings is 2. The first kappa shape index (κ1) is 16.5. The fourth-order valence-electron chi connectivity index (χ4n) is 2.05. The summed E-state index contributed by atoms with van der Waals surface area (Å²) in [5, 5.41) is 23.8. The fraction of sp³-hybridized carbons (Fsp3) is 0.176. The molecule has 2 aromatic rings. The minimum absolute atomic E-state index is 0.0324. The van der Waals surface area contributed by atoms with Crippen molar-refractivity contribution in [2.75, 3.05) is 11.9 Å². The largest absolute Gasteiger partial charge is 0.391 e. The number of rotatable bonds is 5. The van der Waals surface area contributed by atoms with E-state index < -0.39 is 18.0 Å². The number of nitrogens with one attached hydrogen (secondary N) is 2. The van der Waals surface area contributed by atoms with Crippen molar-refractivity contribution < 1.29 is 14.3 Å². The minimum Gasteiger partial charge on any atom is -0.391 e. The van der Waals surface area contributed by atoms with Gasteiger partial charge in [-0.05, 0) is 23.8 Å². The Morgan fingerprint density at radius 2 is 2.00 bits per heavy atom. The molecule has 0 aliphatic rings. The number of hydrogen-bond acceptors (Lipinski definition) is 3. The number of hydrogen-bond donors (Lipinski definition) is 3. The summed E-state index contributed by atoms with van der Waals surface area (Å²) in [5.74, 6) is -0.550. The van der Waals surface area contributed by atoms with Crippen molar-refractivity contribution in [3.8, 4) is 6.07 Å². The second-order valence-electron chi connectivity index (χ2n) is 4.98. The smallest absolute Gasteiger partial charge is 0.319 e. The van der Waals surface area contributed by atoms with Gasteiger partial charge in [0, 0.05) is 13.0 Å². The quantitative estimate of drug-likeness (QED) is 0.792. The molecule has 0 aliphatic carbocycles. The molecule has 0 aliphatic heterocycles. The van der Waals surface area contributed by atoms with Crippen molar-refractivity contribution >= 4 is 11.7 Å². The minimum atomic E-state index is -0.730. The molecule has 0 aromatic heterocycles. The van der Waals surface area contributed by atoms with E-state index >= 15 is 0 Å². The number of carbonyl (C=O) groups excluding carboxylic acids is 1. The van der Waals surface area contributed by atoms with Gasteiger partial charge in [0.1, 0.15) is 11.9 Å². The van der Waals surface area contributed by atoms with E-state index in [9.17, 15) is 14.3 Å². The van der Waals surface area contributed by atoms with Gasteiger partial charge in [-0.3, -0.25) is 0 Å². The van der Waals surface area contributed by atoms with Gasteiger partial charge in [-0.1, -0.05) is 30.3 Å². The van der Waals surface area contributed by atoms with Crippen LogP contribution in [-0.2, 0) is 6.42 Å². The first-order valence-electron chi connectivity index (χ1n) is 7.05. The Morgan fingerprint density at radius 3 is 2.70 bits per heavy atom. The third-order valence-corrected chi connectivity index (χ3v) is 3.16. The van der Waals surface area contributed by atoms with Crippen LogP contribution in [0.3, 0.4) is 0 Å². The lowest BCUT2D eigenvalue weighted by Gasteiger charge is -2.13. The maximum Gasteiger partial charge on any atom is 0.319 e. The van der Waals surface area contributed by atoms with Gasteiger partial charge in [0.15, 0.2) is 0 Å². The summed E-state index contributed by atoms with van der Waals surface area (Å²) >= 11 is 0. The average Bonchev–Trinajstić information content (AvgIpc) is 2.55. The van der Waals surface area contributed by atoms with Crippen LogP contribution < -0.4 is 10.6 Å². The second-order valence-corrected chi connectivity index (χ2v) is 4.98. The highest BCUT2D eigenvalue weighted by Crippen LogP contribution is 2.15. The summed E-state index contributed by atoms with van der Waals surface area (Å²) in [4.78, 5) is 11.8. The predicted octanol–water partition coefficient (Wildman–Crippen LogP) is 2.42. The molecule has 5 nitrogen and oxygen atoms in total. The van der Waals surface area contributed by atoms with E-state index in [4.69, 9.17) is 5.26 Å².